The minimum Gasteiger partial charge on any atom is -0.317 e. The molecule has 0 fully saturated rings. The molecule has 0 radical (unpaired) electrons. The summed E-state index contributed by atoms with van der Waals surface area (Å²) >= 11 is 0. The van der Waals surface area contributed by atoms with Crippen molar-refractivity contribution >= 4 is 5.78 Å². The smallest absolute Gasteiger partial charge is 0.132 e. The van der Waals surface area contributed by atoms with Gasteiger partial charge >= 0.3 is 0 Å². The highest BCUT2D eigenvalue weighted by atomic mass is 16.1. The monoisotopic (exact) mass is 143 g/mol. The average molecular weight is 143 g/mol. The molecule has 0 saturated heterocycles. The minimum atomic E-state index is 0.373. The van der Waals surface area contributed by atoms with Crippen LogP contribution < -0.4 is 5.32 Å². The topological polar surface area (TPSA) is 29.1 Å². The van der Waals surface area contributed by atoms with E-state index in [2.05, 4.69) is 12.2 Å². The van der Waals surface area contributed by atoms with Crippen LogP contribution in [0.4, 0.5) is 0 Å². The van der Waals surface area contributed by atoms with Gasteiger partial charge in [-0.05, 0) is 19.5 Å². The standard InChI is InChI=1S/C8H17NO/c1-3-8(10)6-5-7-9-4-2/h9H,3-7H2,1-2H3. The van der Waals surface area contributed by atoms with Gasteiger partial charge in [-0.2, -0.15) is 0 Å². The van der Waals surface area contributed by atoms with Crippen molar-refractivity contribution in [3.8, 4) is 0 Å². The number of carbonyl (C=O) groups is 1. The molecule has 0 bridgehead atoms. The zero-order chi connectivity index (χ0) is 7.82. The second-order valence-electron chi connectivity index (χ2n) is 2.35. The molecular formula is C8H17NO. The number of nitrogens with one attached hydrogen (secondary N) is 1. The molecule has 0 aliphatic carbocycles. The Labute approximate surface area is 63.0 Å². The zero-order valence-corrected chi connectivity index (χ0v) is 6.94. The van der Waals surface area contributed by atoms with Gasteiger partial charge in [0.1, 0.15) is 5.78 Å². The lowest BCUT2D eigenvalue weighted by molar-refractivity contribution is -0.118. The Hall–Kier alpha value is -0.370. The third-order valence-corrected chi connectivity index (χ3v) is 1.45. The number of hydrogen-bond donors (Lipinski definition) is 1. The molecule has 0 aromatic rings. The first-order valence-corrected chi connectivity index (χ1v) is 4.03. The zero-order valence-electron chi connectivity index (χ0n) is 6.94. The Bertz CT molecular complexity index is 91.3. The van der Waals surface area contributed by atoms with E-state index in [0.717, 1.165) is 25.9 Å². The number of ketones is 1. The van der Waals surface area contributed by atoms with E-state index >= 15 is 0 Å². The Kier molecular flexibility index (Phi) is 6.50. The third kappa shape index (κ3) is 5.76. The maximum absolute atomic E-state index is 10.7. The molecule has 0 spiro atoms. The average Bonchev–Trinajstić information content (AvgIpc) is 1.98. The lowest BCUT2D eigenvalue weighted by Crippen LogP contribution is -2.14. The largest absolute Gasteiger partial charge is 0.317 e. The van der Waals surface area contributed by atoms with Gasteiger partial charge in [0.15, 0.2) is 0 Å². The van der Waals surface area contributed by atoms with E-state index in [0.29, 0.717) is 12.2 Å². The number of hydrogen-bond acceptors (Lipinski definition) is 2. The molecule has 1 N–H and O–H groups in total. The normalized spacial score (nSPS) is 9.80. The molecule has 2 nitrogen and oxygen atoms in total. The Morgan fingerprint density at radius 2 is 2.10 bits per heavy atom. The van der Waals surface area contributed by atoms with Crippen LogP contribution >= 0.6 is 0 Å². The van der Waals surface area contributed by atoms with Crippen LogP contribution in [0.15, 0.2) is 0 Å². The molecule has 60 valence electrons. The van der Waals surface area contributed by atoms with E-state index in [-0.39, 0.29) is 0 Å². The lowest BCUT2D eigenvalue weighted by Gasteiger charge is -1.98. The maximum Gasteiger partial charge on any atom is 0.132 e. The van der Waals surface area contributed by atoms with Gasteiger partial charge in [-0.3, -0.25) is 4.79 Å². The van der Waals surface area contributed by atoms with Gasteiger partial charge in [0, 0.05) is 12.8 Å². The van der Waals surface area contributed by atoms with Gasteiger partial charge in [0.2, 0.25) is 0 Å². The summed E-state index contributed by atoms with van der Waals surface area (Å²) in [5, 5.41) is 3.18. The highest BCUT2D eigenvalue weighted by Gasteiger charge is 1.95. The van der Waals surface area contributed by atoms with Crippen molar-refractivity contribution in [2.45, 2.75) is 33.1 Å². The van der Waals surface area contributed by atoms with E-state index in [1.807, 2.05) is 6.92 Å². The van der Waals surface area contributed by atoms with Gasteiger partial charge in [-0.1, -0.05) is 13.8 Å². The van der Waals surface area contributed by atoms with Crippen LogP contribution in [-0.2, 0) is 4.79 Å². The fourth-order valence-corrected chi connectivity index (χ4v) is 0.764. The maximum atomic E-state index is 10.7. The first-order valence-electron chi connectivity index (χ1n) is 4.03. The fourth-order valence-electron chi connectivity index (χ4n) is 0.764. The molecular weight excluding hydrogens is 126 g/mol. The van der Waals surface area contributed by atoms with Crippen molar-refractivity contribution < 1.29 is 4.79 Å². The van der Waals surface area contributed by atoms with E-state index < -0.39 is 0 Å². The molecule has 0 heterocycles. The molecule has 10 heavy (non-hydrogen) atoms. The molecule has 0 saturated carbocycles. The fraction of sp³-hybridized carbons (Fsp3) is 0.875. The SMILES string of the molecule is CCNCCCC(=O)CC. The van der Waals surface area contributed by atoms with Gasteiger partial charge in [0.25, 0.3) is 0 Å². The lowest BCUT2D eigenvalue weighted by atomic mass is 10.2. The number of Topliss-reactive ketones (excluding diaryl/α,β-unsaturated/α-hetero) is 1. The molecule has 0 rings (SSSR count). The predicted octanol–water partition coefficient (Wildman–Crippen LogP) is 1.36. The van der Waals surface area contributed by atoms with Crippen molar-refractivity contribution in [1.29, 1.82) is 0 Å². The number of rotatable bonds is 6. The van der Waals surface area contributed by atoms with Gasteiger partial charge < -0.3 is 5.32 Å². The molecule has 0 aromatic heterocycles. The van der Waals surface area contributed by atoms with Crippen LogP contribution in [0, 0.1) is 0 Å². The second-order valence-corrected chi connectivity index (χ2v) is 2.35. The first kappa shape index (κ1) is 9.63. The van der Waals surface area contributed by atoms with E-state index in [4.69, 9.17) is 0 Å². The summed E-state index contributed by atoms with van der Waals surface area (Å²) in [7, 11) is 0. The summed E-state index contributed by atoms with van der Waals surface area (Å²) in [5.74, 6) is 0.373. The molecule has 0 aliphatic heterocycles. The van der Waals surface area contributed by atoms with Crippen LogP contribution in [0.3, 0.4) is 0 Å². The summed E-state index contributed by atoms with van der Waals surface area (Å²) < 4.78 is 0. The first-order chi connectivity index (χ1) is 4.81. The molecule has 0 atom stereocenters. The van der Waals surface area contributed by atoms with Gasteiger partial charge in [0.05, 0.1) is 0 Å². The highest BCUT2D eigenvalue weighted by Crippen LogP contribution is 1.92. The van der Waals surface area contributed by atoms with Crippen molar-refractivity contribution in [1.82, 2.24) is 5.32 Å². The van der Waals surface area contributed by atoms with E-state index in [1.165, 1.54) is 0 Å². The third-order valence-electron chi connectivity index (χ3n) is 1.45. The highest BCUT2D eigenvalue weighted by molar-refractivity contribution is 5.77. The quantitative estimate of drug-likeness (QED) is 0.569. The predicted molar refractivity (Wildman–Crippen MR) is 43.1 cm³/mol. The number of carbonyl (C=O) groups excluding carboxylic acids is 1. The van der Waals surface area contributed by atoms with Crippen LogP contribution in [0.5, 0.6) is 0 Å². The molecule has 0 unspecified atom stereocenters. The van der Waals surface area contributed by atoms with E-state index in [9.17, 15) is 4.79 Å². The van der Waals surface area contributed by atoms with Crippen molar-refractivity contribution in [3.05, 3.63) is 0 Å². The summed E-state index contributed by atoms with van der Waals surface area (Å²) in [6.45, 7) is 5.96. The summed E-state index contributed by atoms with van der Waals surface area (Å²) in [5.41, 5.74) is 0. The van der Waals surface area contributed by atoms with Crippen molar-refractivity contribution in [3.63, 3.8) is 0 Å². The van der Waals surface area contributed by atoms with E-state index in [1.54, 1.807) is 0 Å². The van der Waals surface area contributed by atoms with Crippen LogP contribution in [0.2, 0.25) is 0 Å². The molecule has 2 heteroatoms. The Morgan fingerprint density at radius 1 is 1.40 bits per heavy atom. The van der Waals surface area contributed by atoms with Crippen LogP contribution in [0.25, 0.3) is 0 Å². The summed E-state index contributed by atoms with van der Waals surface area (Å²) in [6.07, 6.45) is 2.41. The molecule has 0 aromatic carbocycles. The van der Waals surface area contributed by atoms with Crippen LogP contribution in [-0.4, -0.2) is 18.9 Å². The van der Waals surface area contributed by atoms with Crippen molar-refractivity contribution in [2.75, 3.05) is 13.1 Å². The Balaban J connectivity index is 2.96. The minimum absolute atomic E-state index is 0.373. The van der Waals surface area contributed by atoms with Gasteiger partial charge in [-0.15, -0.1) is 0 Å². The summed E-state index contributed by atoms with van der Waals surface area (Å²) in [6, 6.07) is 0. The Morgan fingerprint density at radius 3 is 2.60 bits per heavy atom. The summed E-state index contributed by atoms with van der Waals surface area (Å²) in [4.78, 5) is 10.7. The van der Waals surface area contributed by atoms with Crippen LogP contribution in [0.1, 0.15) is 33.1 Å². The molecule has 0 amide bonds. The molecule has 0 aliphatic rings. The van der Waals surface area contributed by atoms with Gasteiger partial charge in [-0.25, -0.2) is 0 Å². The van der Waals surface area contributed by atoms with Crippen molar-refractivity contribution in [2.24, 2.45) is 0 Å². The second kappa shape index (κ2) is 6.75.